The van der Waals surface area contributed by atoms with Crippen LogP contribution in [0.5, 0.6) is 0 Å². The molecule has 9 heteroatoms. The van der Waals surface area contributed by atoms with E-state index in [9.17, 15) is 14.4 Å². The molecule has 0 unspecified atom stereocenters. The van der Waals surface area contributed by atoms with Crippen LogP contribution in [0.4, 0.5) is 0 Å². The molecule has 0 aliphatic carbocycles. The van der Waals surface area contributed by atoms with Gasteiger partial charge >= 0.3 is 0 Å². The molecule has 9 nitrogen and oxygen atoms in total. The number of carbonyl (C=O) groups is 3. The van der Waals surface area contributed by atoms with Crippen molar-refractivity contribution >= 4 is 17.7 Å². The average Bonchev–Trinajstić information content (AvgIpc) is 3.45. The minimum atomic E-state index is -0.383. The fourth-order valence-electron chi connectivity index (χ4n) is 3.57. The topological polar surface area (TPSA) is 100 Å². The first-order valence-corrected chi connectivity index (χ1v) is 10.4. The van der Waals surface area contributed by atoms with E-state index in [1.54, 1.807) is 6.92 Å². The molecular weight excluding hydrogens is 408 g/mol. The number of aryl methyl sites for hydroxylation is 1. The maximum atomic E-state index is 13.1. The number of para-hydroxylation sites is 1. The predicted molar refractivity (Wildman–Crippen MR) is 117 cm³/mol. The molecule has 1 N–H and O–H groups in total. The second-order valence-corrected chi connectivity index (χ2v) is 7.50. The number of amides is 3. The molecule has 2 aromatic carbocycles. The summed E-state index contributed by atoms with van der Waals surface area (Å²) in [4.78, 5) is 39.5. The van der Waals surface area contributed by atoms with E-state index in [0.29, 0.717) is 25.2 Å². The molecule has 0 spiro atoms. The van der Waals surface area contributed by atoms with E-state index in [4.69, 9.17) is 0 Å². The number of carbonyl (C=O) groups excluding carboxylic acids is 3. The van der Waals surface area contributed by atoms with E-state index in [1.165, 1.54) is 14.8 Å². The van der Waals surface area contributed by atoms with Gasteiger partial charge in [0, 0.05) is 13.1 Å². The van der Waals surface area contributed by atoms with Crippen molar-refractivity contribution in [2.75, 3.05) is 19.6 Å². The maximum absolute atomic E-state index is 13.1. The number of hydrazine groups is 1. The Kier molecular flexibility index (Phi) is 6.25. The monoisotopic (exact) mass is 432 g/mol. The molecule has 1 aromatic heterocycles. The third-order valence-electron chi connectivity index (χ3n) is 5.17. The van der Waals surface area contributed by atoms with Gasteiger partial charge in [0.15, 0.2) is 5.69 Å². The summed E-state index contributed by atoms with van der Waals surface area (Å²) in [5.41, 5.74) is 2.29. The van der Waals surface area contributed by atoms with Gasteiger partial charge in [-0.25, -0.2) is 10.0 Å². The summed E-state index contributed by atoms with van der Waals surface area (Å²) < 4.78 is 0. The van der Waals surface area contributed by atoms with Crippen molar-refractivity contribution in [3.63, 3.8) is 0 Å². The van der Waals surface area contributed by atoms with Crippen molar-refractivity contribution < 1.29 is 14.4 Å². The van der Waals surface area contributed by atoms with Gasteiger partial charge in [-0.2, -0.15) is 9.90 Å². The highest BCUT2D eigenvalue weighted by Crippen LogP contribution is 2.17. The molecule has 2 heterocycles. The minimum absolute atomic E-state index is 0.175. The van der Waals surface area contributed by atoms with Crippen LogP contribution in [0.15, 0.2) is 60.7 Å². The fraction of sp³-hybridized carbons (Fsp3) is 0.261. The Morgan fingerprint density at radius 3 is 2.28 bits per heavy atom. The summed E-state index contributed by atoms with van der Waals surface area (Å²) in [6.07, 6.45) is 0.847. The SMILES string of the molecule is Cc1nn(-c2ccccc2)nc1C(=O)N1CCCN1C(=O)CNC(=O)Cc1ccccc1. The zero-order chi connectivity index (χ0) is 22.5. The average molecular weight is 432 g/mol. The largest absolute Gasteiger partial charge is 0.347 e. The lowest BCUT2D eigenvalue weighted by molar-refractivity contribution is -0.140. The summed E-state index contributed by atoms with van der Waals surface area (Å²) in [5.74, 6) is -0.972. The minimum Gasteiger partial charge on any atom is -0.347 e. The molecule has 1 fully saturated rings. The van der Waals surface area contributed by atoms with Crippen molar-refractivity contribution in [3.8, 4) is 5.69 Å². The molecule has 3 amide bonds. The Labute approximate surface area is 185 Å². The van der Waals surface area contributed by atoms with Gasteiger partial charge in [0.25, 0.3) is 11.8 Å². The summed E-state index contributed by atoms with van der Waals surface area (Å²) >= 11 is 0. The Morgan fingerprint density at radius 2 is 1.56 bits per heavy atom. The first-order valence-electron chi connectivity index (χ1n) is 10.4. The first-order chi connectivity index (χ1) is 15.5. The molecule has 0 atom stereocenters. The molecule has 0 saturated carbocycles. The summed E-state index contributed by atoms with van der Waals surface area (Å²) in [5, 5.41) is 14.1. The molecule has 1 saturated heterocycles. The second-order valence-electron chi connectivity index (χ2n) is 7.50. The van der Waals surface area contributed by atoms with Gasteiger partial charge in [0.2, 0.25) is 5.91 Å². The van der Waals surface area contributed by atoms with Crippen LogP contribution in [-0.2, 0) is 16.0 Å². The van der Waals surface area contributed by atoms with E-state index in [0.717, 1.165) is 11.3 Å². The Bertz CT molecular complexity index is 1110. The lowest BCUT2D eigenvalue weighted by atomic mass is 10.1. The van der Waals surface area contributed by atoms with Crippen LogP contribution in [0.3, 0.4) is 0 Å². The normalized spacial score (nSPS) is 13.3. The van der Waals surface area contributed by atoms with Crippen molar-refractivity contribution in [3.05, 3.63) is 77.6 Å². The first kappa shape index (κ1) is 21.2. The molecular formula is C23H24N6O3. The van der Waals surface area contributed by atoms with Gasteiger partial charge in [-0.3, -0.25) is 14.4 Å². The molecule has 32 heavy (non-hydrogen) atoms. The van der Waals surface area contributed by atoms with E-state index >= 15 is 0 Å². The summed E-state index contributed by atoms with van der Waals surface area (Å²) in [6.45, 7) is 2.35. The van der Waals surface area contributed by atoms with Crippen LogP contribution in [0, 0.1) is 6.92 Å². The van der Waals surface area contributed by atoms with E-state index < -0.39 is 0 Å². The van der Waals surface area contributed by atoms with E-state index in [1.807, 2.05) is 60.7 Å². The number of hydrogen-bond acceptors (Lipinski definition) is 5. The van der Waals surface area contributed by atoms with Gasteiger partial charge in [-0.15, -0.1) is 5.10 Å². The van der Waals surface area contributed by atoms with E-state index in [2.05, 4.69) is 15.5 Å². The van der Waals surface area contributed by atoms with Gasteiger partial charge < -0.3 is 5.32 Å². The fourth-order valence-corrected chi connectivity index (χ4v) is 3.57. The lowest BCUT2D eigenvalue weighted by Gasteiger charge is -2.27. The summed E-state index contributed by atoms with van der Waals surface area (Å²) in [7, 11) is 0. The third kappa shape index (κ3) is 4.66. The van der Waals surface area contributed by atoms with Crippen LogP contribution in [0.2, 0.25) is 0 Å². The number of nitrogens with zero attached hydrogens (tertiary/aromatic N) is 5. The van der Waals surface area contributed by atoms with E-state index in [-0.39, 0.29) is 36.4 Å². The van der Waals surface area contributed by atoms with Gasteiger partial charge in [-0.1, -0.05) is 48.5 Å². The highest BCUT2D eigenvalue weighted by Gasteiger charge is 2.33. The zero-order valence-electron chi connectivity index (χ0n) is 17.8. The summed E-state index contributed by atoms with van der Waals surface area (Å²) in [6, 6.07) is 18.6. The Balaban J connectivity index is 1.40. The Hall–Kier alpha value is -4.01. The molecule has 4 rings (SSSR count). The van der Waals surface area contributed by atoms with Crippen LogP contribution in [0.25, 0.3) is 5.69 Å². The van der Waals surface area contributed by atoms with Crippen molar-refractivity contribution in [1.82, 2.24) is 30.3 Å². The zero-order valence-corrected chi connectivity index (χ0v) is 17.8. The van der Waals surface area contributed by atoms with Crippen molar-refractivity contribution in [2.45, 2.75) is 19.8 Å². The molecule has 3 aromatic rings. The van der Waals surface area contributed by atoms with Crippen LogP contribution in [-0.4, -0.2) is 62.4 Å². The number of nitrogens with one attached hydrogen (secondary N) is 1. The second kappa shape index (κ2) is 9.42. The van der Waals surface area contributed by atoms with Crippen LogP contribution < -0.4 is 5.32 Å². The van der Waals surface area contributed by atoms with Crippen molar-refractivity contribution in [1.29, 1.82) is 0 Å². The number of benzene rings is 2. The van der Waals surface area contributed by atoms with Gasteiger partial charge in [0.1, 0.15) is 0 Å². The standard InChI is InChI=1S/C23H24N6O3/c1-17-22(26-29(25-17)19-11-6-3-7-12-19)23(32)28-14-8-13-27(28)21(31)16-24-20(30)15-18-9-4-2-5-10-18/h2-7,9-12H,8,13-16H2,1H3,(H,24,30). The van der Waals surface area contributed by atoms with Gasteiger partial charge in [0.05, 0.1) is 24.3 Å². The predicted octanol–water partition coefficient (Wildman–Crippen LogP) is 1.52. The number of rotatable bonds is 6. The lowest BCUT2D eigenvalue weighted by Crippen LogP contribution is -2.49. The number of aromatic nitrogens is 3. The molecule has 164 valence electrons. The third-order valence-corrected chi connectivity index (χ3v) is 5.17. The molecule has 1 aliphatic rings. The van der Waals surface area contributed by atoms with Crippen molar-refractivity contribution in [2.24, 2.45) is 0 Å². The van der Waals surface area contributed by atoms with Crippen LogP contribution >= 0.6 is 0 Å². The molecule has 0 radical (unpaired) electrons. The molecule has 1 aliphatic heterocycles. The van der Waals surface area contributed by atoms with Gasteiger partial charge in [-0.05, 0) is 31.0 Å². The molecule has 0 bridgehead atoms. The quantitative estimate of drug-likeness (QED) is 0.637. The number of hydrogen-bond donors (Lipinski definition) is 1. The highest BCUT2D eigenvalue weighted by atomic mass is 16.2. The highest BCUT2D eigenvalue weighted by molar-refractivity contribution is 5.95. The Morgan fingerprint density at radius 1 is 0.906 bits per heavy atom. The smallest absolute Gasteiger partial charge is 0.294 e. The maximum Gasteiger partial charge on any atom is 0.294 e. The van der Waals surface area contributed by atoms with Crippen LogP contribution in [0.1, 0.15) is 28.2 Å².